The van der Waals surface area contributed by atoms with Gasteiger partial charge in [-0.25, -0.2) is 0 Å². The summed E-state index contributed by atoms with van der Waals surface area (Å²) in [5.41, 5.74) is 0. The molecule has 94 valence electrons. The van der Waals surface area contributed by atoms with Gasteiger partial charge in [0, 0.05) is 12.1 Å². The third-order valence-corrected chi connectivity index (χ3v) is 4.68. The van der Waals surface area contributed by atoms with Crippen LogP contribution in [-0.4, -0.2) is 37.1 Å². The summed E-state index contributed by atoms with van der Waals surface area (Å²) in [6, 6.07) is 1.72. The van der Waals surface area contributed by atoms with Gasteiger partial charge in [-0.1, -0.05) is 6.92 Å². The molecule has 0 aromatic rings. The maximum atomic E-state index is 3.52. The fourth-order valence-corrected chi connectivity index (χ4v) is 3.36. The highest BCUT2D eigenvalue weighted by atomic mass is 15.2. The van der Waals surface area contributed by atoms with Crippen LogP contribution in [0.2, 0.25) is 0 Å². The van der Waals surface area contributed by atoms with Crippen molar-refractivity contribution >= 4 is 0 Å². The summed E-state index contributed by atoms with van der Waals surface area (Å²) in [7, 11) is 2.37. The average molecular weight is 224 g/mol. The molecule has 1 unspecified atom stereocenters. The van der Waals surface area contributed by atoms with Crippen molar-refractivity contribution < 1.29 is 0 Å². The van der Waals surface area contributed by atoms with Crippen molar-refractivity contribution in [3.8, 4) is 0 Å². The van der Waals surface area contributed by atoms with E-state index >= 15 is 0 Å². The highest BCUT2D eigenvalue weighted by molar-refractivity contribution is 4.82. The van der Waals surface area contributed by atoms with Crippen LogP contribution < -0.4 is 5.32 Å². The molecule has 2 nitrogen and oxygen atoms in total. The van der Waals surface area contributed by atoms with Gasteiger partial charge in [-0.3, -0.25) is 0 Å². The summed E-state index contributed by atoms with van der Waals surface area (Å²) in [5.74, 6) is 0.973. The van der Waals surface area contributed by atoms with E-state index in [1.165, 1.54) is 58.0 Å². The van der Waals surface area contributed by atoms with Gasteiger partial charge in [0.15, 0.2) is 0 Å². The lowest BCUT2D eigenvalue weighted by atomic mass is 9.86. The Morgan fingerprint density at radius 1 is 0.875 bits per heavy atom. The van der Waals surface area contributed by atoms with Crippen LogP contribution >= 0.6 is 0 Å². The Morgan fingerprint density at radius 3 is 2.31 bits per heavy atom. The van der Waals surface area contributed by atoms with Crippen LogP contribution in [0.3, 0.4) is 0 Å². The quantitative estimate of drug-likeness (QED) is 0.776. The van der Waals surface area contributed by atoms with Gasteiger partial charge in [0.05, 0.1) is 0 Å². The predicted molar refractivity (Wildman–Crippen MR) is 69.7 cm³/mol. The largest absolute Gasteiger partial charge is 0.317 e. The van der Waals surface area contributed by atoms with Crippen molar-refractivity contribution in [1.82, 2.24) is 10.2 Å². The molecule has 0 radical (unpaired) electrons. The van der Waals surface area contributed by atoms with Gasteiger partial charge in [0.2, 0.25) is 0 Å². The van der Waals surface area contributed by atoms with Crippen molar-refractivity contribution in [2.75, 3.05) is 20.1 Å². The molecule has 0 aromatic heterocycles. The second-order valence-electron chi connectivity index (χ2n) is 5.91. The van der Waals surface area contributed by atoms with Gasteiger partial charge in [0.1, 0.15) is 0 Å². The topological polar surface area (TPSA) is 15.3 Å². The summed E-state index contributed by atoms with van der Waals surface area (Å²) in [6.45, 7) is 4.86. The lowest BCUT2D eigenvalue weighted by molar-refractivity contribution is 0.115. The number of hydrogen-bond donors (Lipinski definition) is 1. The Labute approximate surface area is 101 Å². The molecule has 1 atom stereocenters. The van der Waals surface area contributed by atoms with Gasteiger partial charge in [0.25, 0.3) is 0 Å². The van der Waals surface area contributed by atoms with Gasteiger partial charge < -0.3 is 10.2 Å². The molecule has 0 spiro atoms. The number of rotatable bonds is 2. The molecule has 1 saturated heterocycles. The van der Waals surface area contributed by atoms with Crippen LogP contribution in [0.25, 0.3) is 0 Å². The Kier molecular flexibility index (Phi) is 4.66. The van der Waals surface area contributed by atoms with E-state index in [0.29, 0.717) is 0 Å². The summed E-state index contributed by atoms with van der Waals surface area (Å²) < 4.78 is 0. The minimum Gasteiger partial charge on any atom is -0.317 e. The molecule has 0 aromatic carbocycles. The van der Waals surface area contributed by atoms with E-state index in [9.17, 15) is 0 Å². The average Bonchev–Trinajstić information content (AvgIpc) is 2.57. The molecule has 16 heavy (non-hydrogen) atoms. The first kappa shape index (κ1) is 12.4. The van der Waals surface area contributed by atoms with Crippen LogP contribution in [0, 0.1) is 5.92 Å². The Balaban J connectivity index is 1.83. The lowest BCUT2D eigenvalue weighted by Gasteiger charge is -2.38. The van der Waals surface area contributed by atoms with Crippen LogP contribution in [0.1, 0.15) is 51.9 Å². The monoisotopic (exact) mass is 224 g/mol. The fraction of sp³-hybridized carbons (Fsp3) is 1.00. The summed E-state index contributed by atoms with van der Waals surface area (Å²) in [4.78, 5) is 2.71. The highest BCUT2D eigenvalue weighted by Gasteiger charge is 2.26. The molecular formula is C14H28N2. The van der Waals surface area contributed by atoms with Crippen molar-refractivity contribution in [1.29, 1.82) is 0 Å². The van der Waals surface area contributed by atoms with E-state index in [-0.39, 0.29) is 0 Å². The van der Waals surface area contributed by atoms with E-state index in [1.807, 2.05) is 0 Å². The minimum absolute atomic E-state index is 0.841. The lowest BCUT2D eigenvalue weighted by Crippen LogP contribution is -2.42. The molecule has 2 fully saturated rings. The zero-order valence-electron chi connectivity index (χ0n) is 11.0. The van der Waals surface area contributed by atoms with Crippen LogP contribution in [-0.2, 0) is 0 Å². The summed E-state index contributed by atoms with van der Waals surface area (Å²) >= 11 is 0. The second kappa shape index (κ2) is 6.02. The van der Waals surface area contributed by atoms with Gasteiger partial charge in [-0.15, -0.1) is 0 Å². The van der Waals surface area contributed by atoms with Gasteiger partial charge in [-0.2, -0.15) is 0 Å². The molecule has 2 aliphatic rings. The van der Waals surface area contributed by atoms with Crippen LogP contribution in [0.15, 0.2) is 0 Å². The molecule has 1 aliphatic carbocycles. The molecule has 1 N–H and O–H groups in total. The maximum Gasteiger partial charge on any atom is 0.0108 e. The molecule has 1 saturated carbocycles. The molecule has 1 heterocycles. The first-order chi connectivity index (χ1) is 7.77. The molecule has 0 amide bonds. The molecular weight excluding hydrogens is 196 g/mol. The van der Waals surface area contributed by atoms with E-state index in [0.717, 1.165) is 18.0 Å². The second-order valence-corrected chi connectivity index (χ2v) is 5.91. The zero-order valence-corrected chi connectivity index (χ0v) is 11.0. The number of nitrogens with zero attached hydrogens (tertiary/aromatic N) is 1. The van der Waals surface area contributed by atoms with E-state index < -0.39 is 0 Å². The molecule has 1 aliphatic heterocycles. The van der Waals surface area contributed by atoms with Crippen molar-refractivity contribution in [2.45, 2.75) is 64.0 Å². The third kappa shape index (κ3) is 3.21. The Morgan fingerprint density at radius 2 is 1.56 bits per heavy atom. The maximum absolute atomic E-state index is 3.52. The first-order valence-electron chi connectivity index (χ1n) is 7.20. The Bertz CT molecular complexity index is 189. The highest BCUT2D eigenvalue weighted by Crippen LogP contribution is 2.28. The molecule has 2 heteroatoms. The summed E-state index contributed by atoms with van der Waals surface area (Å²) in [6.07, 6.45) is 9.86. The van der Waals surface area contributed by atoms with Gasteiger partial charge >= 0.3 is 0 Å². The smallest absolute Gasteiger partial charge is 0.0108 e. The summed E-state index contributed by atoms with van der Waals surface area (Å²) in [5, 5.41) is 3.52. The molecule has 0 bridgehead atoms. The van der Waals surface area contributed by atoms with Crippen molar-refractivity contribution in [3.63, 3.8) is 0 Å². The Hall–Kier alpha value is -0.0800. The standard InChI is InChI=1S/C14H28N2/c1-12-5-7-14(8-6-12)16(2)13-4-3-10-15-11-9-13/h12-15H,3-11H2,1-2H3. The van der Waals surface area contributed by atoms with Crippen LogP contribution in [0.4, 0.5) is 0 Å². The van der Waals surface area contributed by atoms with E-state index in [1.54, 1.807) is 0 Å². The zero-order chi connectivity index (χ0) is 11.4. The first-order valence-corrected chi connectivity index (χ1v) is 7.20. The van der Waals surface area contributed by atoms with E-state index in [2.05, 4.69) is 24.2 Å². The SMILES string of the molecule is CC1CCC(N(C)C2CCCNCC2)CC1. The predicted octanol–water partition coefficient (Wildman–Crippen LogP) is 2.64. The molecule has 2 rings (SSSR count). The van der Waals surface area contributed by atoms with Crippen molar-refractivity contribution in [3.05, 3.63) is 0 Å². The fourth-order valence-electron chi connectivity index (χ4n) is 3.36. The van der Waals surface area contributed by atoms with Crippen LogP contribution in [0.5, 0.6) is 0 Å². The normalized spacial score (nSPS) is 37.3. The number of nitrogens with one attached hydrogen (secondary N) is 1. The number of hydrogen-bond acceptors (Lipinski definition) is 2. The van der Waals surface area contributed by atoms with E-state index in [4.69, 9.17) is 0 Å². The minimum atomic E-state index is 0.841. The third-order valence-electron chi connectivity index (χ3n) is 4.68. The van der Waals surface area contributed by atoms with Gasteiger partial charge in [-0.05, 0) is 71.0 Å². The van der Waals surface area contributed by atoms with Crippen molar-refractivity contribution in [2.24, 2.45) is 5.92 Å².